The topological polar surface area (TPSA) is 97.3 Å². The minimum atomic E-state index is -0.594. The van der Waals surface area contributed by atoms with Gasteiger partial charge in [0.25, 0.3) is 0 Å². The van der Waals surface area contributed by atoms with Gasteiger partial charge in [-0.1, -0.05) is 6.07 Å². The van der Waals surface area contributed by atoms with Crippen molar-refractivity contribution in [3.8, 4) is 11.5 Å². The normalized spacial score (nSPS) is 17.9. The van der Waals surface area contributed by atoms with Crippen LogP contribution in [0.1, 0.15) is 18.5 Å². The van der Waals surface area contributed by atoms with E-state index in [1.807, 2.05) is 18.2 Å². The predicted molar refractivity (Wildman–Crippen MR) is 112 cm³/mol. The van der Waals surface area contributed by atoms with Crippen molar-refractivity contribution in [3.05, 3.63) is 48.3 Å². The van der Waals surface area contributed by atoms with Gasteiger partial charge < -0.3 is 14.8 Å². The molecule has 2 aromatic rings. The lowest BCUT2D eigenvalue weighted by Crippen LogP contribution is -2.46. The van der Waals surface area contributed by atoms with Gasteiger partial charge in [0.15, 0.2) is 23.1 Å². The number of hydrogen-bond acceptors (Lipinski definition) is 8. The first-order chi connectivity index (χ1) is 14.6. The molecule has 0 bridgehead atoms. The van der Waals surface area contributed by atoms with Crippen molar-refractivity contribution in [2.24, 2.45) is 4.99 Å². The SMILES string of the molecule is COc1ccc(NC(=O)CN2CCC3(CC2)N=C(c2ccccn2)NO3)cc1OC. The average Bonchev–Trinajstić information content (AvgIpc) is 3.20. The molecule has 158 valence electrons. The summed E-state index contributed by atoms with van der Waals surface area (Å²) in [7, 11) is 3.14. The van der Waals surface area contributed by atoms with E-state index in [2.05, 4.69) is 20.7 Å². The average molecular weight is 411 g/mol. The number of amides is 1. The third-order valence-electron chi connectivity index (χ3n) is 5.23. The minimum absolute atomic E-state index is 0.0821. The van der Waals surface area contributed by atoms with Crippen molar-refractivity contribution in [2.75, 3.05) is 39.2 Å². The molecule has 4 rings (SSSR count). The van der Waals surface area contributed by atoms with Gasteiger partial charge in [-0.25, -0.2) is 15.3 Å². The summed E-state index contributed by atoms with van der Waals surface area (Å²) in [6, 6.07) is 11.0. The van der Waals surface area contributed by atoms with E-state index < -0.39 is 5.72 Å². The van der Waals surface area contributed by atoms with E-state index in [0.717, 1.165) is 5.69 Å². The predicted octanol–water partition coefficient (Wildman–Crippen LogP) is 1.81. The van der Waals surface area contributed by atoms with Crippen LogP contribution in [0.3, 0.4) is 0 Å². The number of piperidine rings is 1. The van der Waals surface area contributed by atoms with Gasteiger partial charge in [-0.2, -0.15) is 0 Å². The summed E-state index contributed by atoms with van der Waals surface area (Å²) in [5.41, 5.74) is 3.74. The van der Waals surface area contributed by atoms with Crippen LogP contribution < -0.4 is 20.3 Å². The summed E-state index contributed by atoms with van der Waals surface area (Å²) < 4.78 is 10.5. The van der Waals surface area contributed by atoms with Crippen molar-refractivity contribution in [2.45, 2.75) is 18.6 Å². The van der Waals surface area contributed by atoms with Gasteiger partial charge in [0.1, 0.15) is 5.69 Å². The van der Waals surface area contributed by atoms with Gasteiger partial charge >= 0.3 is 0 Å². The Balaban J connectivity index is 1.31. The van der Waals surface area contributed by atoms with E-state index >= 15 is 0 Å². The van der Waals surface area contributed by atoms with E-state index in [1.54, 1.807) is 38.6 Å². The second-order valence-electron chi connectivity index (χ2n) is 7.22. The zero-order chi connectivity index (χ0) is 21.0. The number of anilines is 1. The Kier molecular flexibility index (Phi) is 5.82. The number of benzene rings is 1. The number of rotatable bonds is 6. The van der Waals surface area contributed by atoms with Crippen LogP contribution in [0, 0.1) is 0 Å². The Labute approximate surface area is 175 Å². The number of ether oxygens (including phenoxy) is 2. The number of hydrogen-bond donors (Lipinski definition) is 2. The standard InChI is InChI=1S/C21H25N5O4/c1-28-17-7-6-15(13-18(17)29-2)23-19(27)14-26-11-8-21(9-12-26)24-20(25-30-21)16-5-3-4-10-22-16/h3-7,10,13H,8-9,11-12,14H2,1-2H3,(H,23,27)(H,24,25). The summed E-state index contributed by atoms with van der Waals surface area (Å²) in [6.45, 7) is 1.72. The number of aliphatic imine (C=N–C) groups is 1. The zero-order valence-electron chi connectivity index (χ0n) is 17.1. The molecule has 2 aliphatic rings. The molecule has 30 heavy (non-hydrogen) atoms. The highest BCUT2D eigenvalue weighted by atomic mass is 16.7. The molecule has 1 aromatic carbocycles. The van der Waals surface area contributed by atoms with Crippen LogP contribution in [0.2, 0.25) is 0 Å². The van der Waals surface area contributed by atoms with Crippen LogP contribution in [0.15, 0.2) is 47.6 Å². The molecule has 2 N–H and O–H groups in total. The molecule has 0 radical (unpaired) electrons. The number of likely N-dealkylation sites (tertiary alicyclic amines) is 1. The summed E-state index contributed by atoms with van der Waals surface area (Å²) in [6.07, 6.45) is 3.12. The van der Waals surface area contributed by atoms with E-state index in [0.29, 0.717) is 55.5 Å². The van der Waals surface area contributed by atoms with Gasteiger partial charge in [-0.15, -0.1) is 0 Å². The molecule has 1 fully saturated rings. The van der Waals surface area contributed by atoms with Crippen LogP contribution in [0.4, 0.5) is 5.69 Å². The fraction of sp³-hybridized carbons (Fsp3) is 0.381. The largest absolute Gasteiger partial charge is 0.493 e. The van der Waals surface area contributed by atoms with Crippen LogP contribution in [-0.4, -0.2) is 61.2 Å². The highest BCUT2D eigenvalue weighted by molar-refractivity contribution is 5.97. The molecular formula is C21H25N5O4. The molecule has 1 aromatic heterocycles. The van der Waals surface area contributed by atoms with Gasteiger partial charge in [0.05, 0.1) is 20.8 Å². The Hall–Kier alpha value is -3.17. The Morgan fingerprint density at radius 1 is 1.20 bits per heavy atom. The third-order valence-corrected chi connectivity index (χ3v) is 5.23. The molecule has 2 aliphatic heterocycles. The van der Waals surface area contributed by atoms with Crippen molar-refractivity contribution >= 4 is 17.4 Å². The molecule has 9 nitrogen and oxygen atoms in total. The third kappa shape index (κ3) is 4.37. The number of aromatic nitrogens is 1. The van der Waals surface area contributed by atoms with Crippen molar-refractivity contribution in [1.29, 1.82) is 0 Å². The molecule has 0 atom stereocenters. The first kappa shape index (κ1) is 20.1. The molecule has 1 spiro atoms. The van der Waals surface area contributed by atoms with E-state index in [1.165, 1.54) is 0 Å². The number of methoxy groups -OCH3 is 2. The monoisotopic (exact) mass is 411 g/mol. The summed E-state index contributed by atoms with van der Waals surface area (Å²) >= 11 is 0. The van der Waals surface area contributed by atoms with Crippen LogP contribution >= 0.6 is 0 Å². The highest BCUT2D eigenvalue weighted by Gasteiger charge is 2.40. The lowest BCUT2D eigenvalue weighted by Gasteiger charge is -2.35. The summed E-state index contributed by atoms with van der Waals surface area (Å²) in [4.78, 5) is 29.4. The van der Waals surface area contributed by atoms with Crippen molar-refractivity contribution < 1.29 is 19.1 Å². The van der Waals surface area contributed by atoms with Gasteiger partial charge in [0.2, 0.25) is 5.91 Å². The molecule has 0 aliphatic carbocycles. The quantitative estimate of drug-likeness (QED) is 0.748. The first-order valence-electron chi connectivity index (χ1n) is 9.80. The Morgan fingerprint density at radius 3 is 2.70 bits per heavy atom. The summed E-state index contributed by atoms with van der Waals surface area (Å²) in [5.74, 6) is 1.76. The lowest BCUT2D eigenvalue weighted by atomic mass is 10.0. The molecule has 1 amide bonds. The first-order valence-corrected chi connectivity index (χ1v) is 9.80. The number of nitrogens with zero attached hydrogens (tertiary/aromatic N) is 3. The number of carbonyl (C=O) groups is 1. The smallest absolute Gasteiger partial charge is 0.238 e. The molecular weight excluding hydrogens is 386 g/mol. The second kappa shape index (κ2) is 8.68. The van der Waals surface area contributed by atoms with Gasteiger partial charge in [-0.05, 0) is 24.3 Å². The summed E-state index contributed by atoms with van der Waals surface area (Å²) in [5, 5.41) is 2.91. The maximum absolute atomic E-state index is 12.5. The van der Waals surface area contributed by atoms with Crippen molar-refractivity contribution in [1.82, 2.24) is 15.4 Å². The van der Waals surface area contributed by atoms with Crippen LogP contribution in [0.25, 0.3) is 0 Å². The van der Waals surface area contributed by atoms with Crippen LogP contribution in [-0.2, 0) is 9.63 Å². The molecule has 0 unspecified atom stereocenters. The van der Waals surface area contributed by atoms with E-state index in [-0.39, 0.29) is 5.91 Å². The number of nitrogens with one attached hydrogen (secondary N) is 2. The molecule has 3 heterocycles. The lowest BCUT2D eigenvalue weighted by molar-refractivity contribution is -0.120. The van der Waals surface area contributed by atoms with E-state index in [4.69, 9.17) is 19.3 Å². The molecule has 1 saturated heterocycles. The Morgan fingerprint density at radius 2 is 2.00 bits per heavy atom. The molecule has 9 heteroatoms. The van der Waals surface area contributed by atoms with Gasteiger partial charge in [-0.3, -0.25) is 14.7 Å². The zero-order valence-corrected chi connectivity index (χ0v) is 17.1. The molecule has 0 saturated carbocycles. The number of hydroxylamine groups is 1. The van der Waals surface area contributed by atoms with Gasteiger partial charge in [0, 0.05) is 43.9 Å². The fourth-order valence-corrected chi connectivity index (χ4v) is 3.60. The fourth-order valence-electron chi connectivity index (χ4n) is 3.60. The maximum Gasteiger partial charge on any atom is 0.238 e. The second-order valence-corrected chi connectivity index (χ2v) is 7.22. The Bertz CT molecular complexity index is 926. The number of pyridine rings is 1. The highest BCUT2D eigenvalue weighted by Crippen LogP contribution is 2.31. The maximum atomic E-state index is 12.5. The van der Waals surface area contributed by atoms with E-state index in [9.17, 15) is 4.79 Å². The number of amidine groups is 1. The number of carbonyl (C=O) groups excluding carboxylic acids is 1. The minimum Gasteiger partial charge on any atom is -0.493 e. The van der Waals surface area contributed by atoms with Crippen molar-refractivity contribution in [3.63, 3.8) is 0 Å². The van der Waals surface area contributed by atoms with Crippen LogP contribution in [0.5, 0.6) is 11.5 Å².